The Morgan fingerprint density at radius 3 is 2.29 bits per heavy atom. The van der Waals surface area contributed by atoms with E-state index in [0.29, 0.717) is 39.9 Å². The van der Waals surface area contributed by atoms with Crippen LogP contribution in [0.5, 0.6) is 0 Å². The Kier molecular flexibility index (Phi) is 5.87. The molecule has 0 saturated carbocycles. The Morgan fingerprint density at radius 2 is 1.51 bits per heavy atom. The topological polar surface area (TPSA) is 122 Å². The summed E-state index contributed by atoms with van der Waals surface area (Å²) in [6, 6.07) is 22.4. The van der Waals surface area contributed by atoms with E-state index in [1.807, 2.05) is 18.2 Å². The minimum Gasteiger partial charge on any atom is -0.451 e. The molecule has 5 rings (SSSR count). The first-order chi connectivity index (χ1) is 17.0. The fourth-order valence-corrected chi connectivity index (χ4v) is 3.46. The number of fused-ring (bicyclic) bond motifs is 1. The quantitative estimate of drug-likeness (QED) is 0.320. The van der Waals surface area contributed by atoms with Crippen molar-refractivity contribution >= 4 is 45.7 Å². The highest BCUT2D eigenvalue weighted by atomic mass is 16.3. The molecule has 0 unspecified atom stereocenters. The van der Waals surface area contributed by atoms with Crippen molar-refractivity contribution in [1.29, 1.82) is 0 Å². The molecule has 0 atom stereocenters. The van der Waals surface area contributed by atoms with E-state index in [0.717, 1.165) is 5.69 Å². The smallest absolute Gasteiger partial charge is 0.291 e. The maximum atomic E-state index is 12.6. The van der Waals surface area contributed by atoms with Crippen molar-refractivity contribution in [3.63, 3.8) is 0 Å². The normalized spacial score (nSPS) is 10.7. The van der Waals surface area contributed by atoms with E-state index in [2.05, 4.69) is 30.9 Å². The van der Waals surface area contributed by atoms with Gasteiger partial charge in [-0.25, -0.2) is 15.0 Å². The molecule has 35 heavy (non-hydrogen) atoms. The summed E-state index contributed by atoms with van der Waals surface area (Å²) in [4.78, 5) is 37.9. The van der Waals surface area contributed by atoms with Crippen LogP contribution in [0.1, 0.15) is 16.4 Å². The SMILES string of the molecule is Cc1nc(Nc2ccc(NC(=O)c3cc(=O)c4ccccc4o3)cc2)cc(Nc2ccccn2)n1. The van der Waals surface area contributed by atoms with Crippen molar-refractivity contribution in [2.45, 2.75) is 6.92 Å². The van der Waals surface area contributed by atoms with Crippen LogP contribution in [0.25, 0.3) is 11.0 Å². The van der Waals surface area contributed by atoms with E-state index in [4.69, 9.17) is 4.42 Å². The molecule has 5 aromatic rings. The first-order valence-electron chi connectivity index (χ1n) is 10.8. The Hall–Kier alpha value is -5.05. The molecule has 1 amide bonds. The fraction of sp³-hybridized carbons (Fsp3) is 0.0385. The van der Waals surface area contributed by atoms with Gasteiger partial charge in [-0.2, -0.15) is 0 Å². The van der Waals surface area contributed by atoms with Crippen molar-refractivity contribution < 1.29 is 9.21 Å². The lowest BCUT2D eigenvalue weighted by Gasteiger charge is -2.11. The fourth-order valence-electron chi connectivity index (χ4n) is 3.46. The minimum atomic E-state index is -0.509. The number of para-hydroxylation sites is 1. The van der Waals surface area contributed by atoms with Gasteiger partial charge in [0.15, 0.2) is 11.2 Å². The van der Waals surface area contributed by atoms with Gasteiger partial charge in [0, 0.05) is 29.7 Å². The molecule has 0 aliphatic rings. The summed E-state index contributed by atoms with van der Waals surface area (Å²) >= 11 is 0. The predicted octanol–water partition coefficient (Wildman–Crippen LogP) is 5.03. The molecule has 0 aliphatic carbocycles. The zero-order valence-electron chi connectivity index (χ0n) is 18.6. The average Bonchev–Trinajstić information content (AvgIpc) is 2.85. The molecule has 3 aromatic heterocycles. The summed E-state index contributed by atoms with van der Waals surface area (Å²) in [5, 5.41) is 9.55. The van der Waals surface area contributed by atoms with Gasteiger partial charge >= 0.3 is 0 Å². The Bertz CT molecular complexity index is 1570. The zero-order chi connectivity index (χ0) is 24.2. The number of carbonyl (C=O) groups is 1. The van der Waals surface area contributed by atoms with Crippen molar-refractivity contribution in [3.8, 4) is 0 Å². The molecule has 0 aliphatic heterocycles. The summed E-state index contributed by atoms with van der Waals surface area (Å²) in [5.41, 5.74) is 1.41. The molecule has 172 valence electrons. The van der Waals surface area contributed by atoms with Gasteiger partial charge in [-0.3, -0.25) is 9.59 Å². The lowest BCUT2D eigenvalue weighted by Crippen LogP contribution is -2.14. The van der Waals surface area contributed by atoms with Crippen LogP contribution in [0.2, 0.25) is 0 Å². The number of aromatic nitrogens is 3. The van der Waals surface area contributed by atoms with Crippen LogP contribution in [0.15, 0.2) is 94.3 Å². The number of hydrogen-bond acceptors (Lipinski definition) is 8. The number of anilines is 5. The molecule has 0 spiro atoms. The van der Waals surface area contributed by atoms with Crippen LogP contribution < -0.4 is 21.4 Å². The molecule has 2 aromatic carbocycles. The molecule has 3 heterocycles. The number of aryl methyl sites for hydroxylation is 1. The van der Waals surface area contributed by atoms with Crippen molar-refractivity contribution in [3.05, 3.63) is 107 Å². The molecular formula is C26H20N6O3. The van der Waals surface area contributed by atoms with Crippen LogP contribution in [0.3, 0.4) is 0 Å². The van der Waals surface area contributed by atoms with Crippen LogP contribution in [-0.2, 0) is 0 Å². The Balaban J connectivity index is 1.28. The summed E-state index contributed by atoms with van der Waals surface area (Å²) in [7, 11) is 0. The van der Waals surface area contributed by atoms with Gasteiger partial charge in [-0.15, -0.1) is 0 Å². The van der Waals surface area contributed by atoms with Gasteiger partial charge in [-0.1, -0.05) is 18.2 Å². The van der Waals surface area contributed by atoms with Gasteiger partial charge in [0.05, 0.1) is 5.39 Å². The van der Waals surface area contributed by atoms with Crippen LogP contribution in [0, 0.1) is 6.92 Å². The maximum absolute atomic E-state index is 12.6. The van der Waals surface area contributed by atoms with Crippen LogP contribution in [-0.4, -0.2) is 20.9 Å². The molecule has 3 N–H and O–H groups in total. The largest absolute Gasteiger partial charge is 0.451 e. The first kappa shape index (κ1) is 21.8. The van der Waals surface area contributed by atoms with Crippen LogP contribution >= 0.6 is 0 Å². The second-order valence-electron chi connectivity index (χ2n) is 7.65. The lowest BCUT2D eigenvalue weighted by atomic mass is 10.2. The van der Waals surface area contributed by atoms with E-state index in [1.165, 1.54) is 6.07 Å². The molecule has 0 bridgehead atoms. The van der Waals surface area contributed by atoms with Crippen LogP contribution in [0.4, 0.5) is 28.8 Å². The third kappa shape index (κ3) is 5.14. The highest BCUT2D eigenvalue weighted by Crippen LogP contribution is 2.21. The maximum Gasteiger partial charge on any atom is 0.291 e. The van der Waals surface area contributed by atoms with E-state index >= 15 is 0 Å². The number of rotatable bonds is 6. The van der Waals surface area contributed by atoms with E-state index in [-0.39, 0.29) is 11.2 Å². The standard InChI is InChI=1S/C26H20N6O3/c1-16-28-24(15-25(29-16)32-23-8-4-5-13-27-23)30-17-9-11-18(12-10-17)31-26(34)22-14-20(33)19-6-2-3-7-21(19)35-22/h2-15H,1H3,(H,31,34)(H2,27,28,29,30,32). The number of carbonyl (C=O) groups excluding carboxylic acids is 1. The summed E-state index contributed by atoms with van der Waals surface area (Å²) in [6.07, 6.45) is 1.70. The van der Waals surface area contributed by atoms with Gasteiger partial charge in [0.25, 0.3) is 5.91 Å². The third-order valence-electron chi connectivity index (χ3n) is 5.03. The monoisotopic (exact) mass is 464 g/mol. The van der Waals surface area contributed by atoms with E-state index < -0.39 is 5.91 Å². The predicted molar refractivity (Wildman–Crippen MR) is 134 cm³/mol. The molecular weight excluding hydrogens is 444 g/mol. The second kappa shape index (κ2) is 9.44. The number of nitrogens with zero attached hydrogens (tertiary/aromatic N) is 3. The van der Waals surface area contributed by atoms with E-state index in [9.17, 15) is 9.59 Å². The second-order valence-corrected chi connectivity index (χ2v) is 7.65. The number of nitrogens with one attached hydrogen (secondary N) is 3. The minimum absolute atomic E-state index is 0.0553. The Morgan fingerprint density at radius 1 is 0.800 bits per heavy atom. The molecule has 0 saturated heterocycles. The highest BCUT2D eigenvalue weighted by molar-refractivity contribution is 6.03. The average molecular weight is 464 g/mol. The van der Waals surface area contributed by atoms with Gasteiger partial charge < -0.3 is 20.4 Å². The number of hydrogen-bond donors (Lipinski definition) is 3. The molecule has 9 nitrogen and oxygen atoms in total. The molecule has 0 fully saturated rings. The highest BCUT2D eigenvalue weighted by Gasteiger charge is 2.12. The van der Waals surface area contributed by atoms with Crippen molar-refractivity contribution in [1.82, 2.24) is 15.0 Å². The van der Waals surface area contributed by atoms with Gasteiger partial charge in [0.2, 0.25) is 0 Å². The summed E-state index contributed by atoms with van der Waals surface area (Å²) in [5.74, 6) is 1.92. The Labute approximate surface area is 199 Å². The summed E-state index contributed by atoms with van der Waals surface area (Å²) < 4.78 is 5.60. The van der Waals surface area contributed by atoms with Gasteiger partial charge in [0.1, 0.15) is 28.9 Å². The lowest BCUT2D eigenvalue weighted by molar-refractivity contribution is 0.0997. The number of benzene rings is 2. The number of pyridine rings is 1. The summed E-state index contributed by atoms with van der Waals surface area (Å²) in [6.45, 7) is 1.80. The number of amides is 1. The molecule has 9 heteroatoms. The van der Waals surface area contributed by atoms with E-state index in [1.54, 1.807) is 67.7 Å². The van der Waals surface area contributed by atoms with Crippen molar-refractivity contribution in [2.24, 2.45) is 0 Å². The third-order valence-corrected chi connectivity index (χ3v) is 5.03. The zero-order valence-corrected chi connectivity index (χ0v) is 18.6. The molecule has 0 radical (unpaired) electrons. The first-order valence-corrected chi connectivity index (χ1v) is 10.8. The van der Waals surface area contributed by atoms with Gasteiger partial charge in [-0.05, 0) is 55.5 Å². The van der Waals surface area contributed by atoms with Crippen molar-refractivity contribution in [2.75, 3.05) is 16.0 Å².